The fourth-order valence-electron chi connectivity index (χ4n) is 2.15. The molecule has 0 aliphatic rings. The smallest absolute Gasteiger partial charge is 0.214 e. The van der Waals surface area contributed by atoms with E-state index in [1.54, 1.807) is 19.2 Å². The Morgan fingerprint density at radius 1 is 1.20 bits per heavy atom. The maximum absolute atomic E-state index is 12.8. The summed E-state index contributed by atoms with van der Waals surface area (Å²) in [6.45, 7) is 5.67. The van der Waals surface area contributed by atoms with Gasteiger partial charge in [0.25, 0.3) is 0 Å². The summed E-state index contributed by atoms with van der Waals surface area (Å²) in [6.07, 6.45) is 1.82. The number of aliphatic imine (C=N–C) groups is 1. The topological polar surface area (TPSA) is 71.7 Å². The minimum Gasteiger partial charge on any atom is -0.494 e. The summed E-state index contributed by atoms with van der Waals surface area (Å²) < 4.78 is 23.9. The number of halogens is 1. The van der Waals surface area contributed by atoms with Crippen molar-refractivity contribution in [3.8, 4) is 5.75 Å². The molecule has 136 valence electrons. The fourth-order valence-corrected chi connectivity index (χ4v) is 2.15. The van der Waals surface area contributed by atoms with E-state index in [1.165, 1.54) is 12.1 Å². The predicted molar refractivity (Wildman–Crippen MR) is 95.3 cm³/mol. The van der Waals surface area contributed by atoms with Gasteiger partial charge in [-0.05, 0) is 51.0 Å². The second-order valence-corrected chi connectivity index (χ2v) is 5.61. The molecule has 1 aromatic heterocycles. The number of benzene rings is 1. The van der Waals surface area contributed by atoms with E-state index in [0.717, 1.165) is 30.8 Å². The lowest BCUT2D eigenvalue weighted by molar-refractivity contribution is 0.306. The Balaban J connectivity index is 1.58. The maximum atomic E-state index is 12.8. The molecule has 6 nitrogen and oxygen atoms in total. The quantitative estimate of drug-likeness (QED) is 0.436. The third-order valence-corrected chi connectivity index (χ3v) is 3.65. The molecule has 1 heterocycles. The number of nitrogens with zero attached hydrogens (tertiary/aromatic N) is 2. The number of aromatic nitrogens is 1. The summed E-state index contributed by atoms with van der Waals surface area (Å²) in [6, 6.07) is 6.05. The monoisotopic (exact) mass is 348 g/mol. The number of oxazole rings is 1. The van der Waals surface area contributed by atoms with E-state index in [9.17, 15) is 4.39 Å². The van der Waals surface area contributed by atoms with Crippen molar-refractivity contribution in [3.63, 3.8) is 0 Å². The van der Waals surface area contributed by atoms with Crippen molar-refractivity contribution in [1.29, 1.82) is 0 Å². The molecular weight excluding hydrogens is 323 g/mol. The Hall–Kier alpha value is -2.57. The van der Waals surface area contributed by atoms with Gasteiger partial charge in [-0.2, -0.15) is 0 Å². The standard InChI is InChI=1S/C18H25FN4O2/c1-13-14(2)25-17(23-13)12-22-18(20-3)21-10-4-5-11-24-16-8-6-15(19)7-9-16/h6-9H,4-5,10-12H2,1-3H3,(H2,20,21,22). The van der Waals surface area contributed by atoms with Crippen LogP contribution in [-0.2, 0) is 6.54 Å². The largest absolute Gasteiger partial charge is 0.494 e. The van der Waals surface area contributed by atoms with Gasteiger partial charge in [0, 0.05) is 13.6 Å². The highest BCUT2D eigenvalue weighted by atomic mass is 19.1. The summed E-state index contributed by atoms with van der Waals surface area (Å²) in [4.78, 5) is 8.48. The van der Waals surface area contributed by atoms with Crippen molar-refractivity contribution < 1.29 is 13.5 Å². The van der Waals surface area contributed by atoms with Gasteiger partial charge in [0.1, 0.15) is 17.3 Å². The zero-order valence-electron chi connectivity index (χ0n) is 14.9. The van der Waals surface area contributed by atoms with Gasteiger partial charge in [-0.25, -0.2) is 9.37 Å². The van der Waals surface area contributed by atoms with Crippen molar-refractivity contribution in [3.05, 3.63) is 47.4 Å². The molecule has 1 aromatic carbocycles. The van der Waals surface area contributed by atoms with E-state index in [-0.39, 0.29) is 5.82 Å². The Morgan fingerprint density at radius 2 is 1.96 bits per heavy atom. The van der Waals surface area contributed by atoms with Crippen LogP contribution in [0.5, 0.6) is 5.75 Å². The summed E-state index contributed by atoms with van der Waals surface area (Å²) in [7, 11) is 1.72. The Bertz CT molecular complexity index is 663. The molecule has 0 saturated heterocycles. The van der Waals surface area contributed by atoms with Crippen molar-refractivity contribution in [2.24, 2.45) is 4.99 Å². The zero-order chi connectivity index (χ0) is 18.1. The summed E-state index contributed by atoms with van der Waals surface area (Å²) >= 11 is 0. The van der Waals surface area contributed by atoms with Crippen LogP contribution in [-0.4, -0.2) is 31.1 Å². The number of hydrogen-bond donors (Lipinski definition) is 2. The van der Waals surface area contributed by atoms with Crippen LogP contribution in [0.25, 0.3) is 0 Å². The molecule has 0 saturated carbocycles. The van der Waals surface area contributed by atoms with Crippen molar-refractivity contribution in [2.75, 3.05) is 20.2 Å². The molecule has 0 aliphatic carbocycles. The third-order valence-electron chi connectivity index (χ3n) is 3.65. The SMILES string of the molecule is CN=C(NCCCCOc1ccc(F)cc1)NCc1nc(C)c(C)o1. The van der Waals surface area contributed by atoms with Crippen LogP contribution in [0, 0.1) is 19.7 Å². The number of ether oxygens (including phenoxy) is 1. The minimum atomic E-state index is -0.259. The molecule has 2 aromatic rings. The van der Waals surface area contributed by atoms with Crippen LogP contribution < -0.4 is 15.4 Å². The fraction of sp³-hybridized carbons (Fsp3) is 0.444. The van der Waals surface area contributed by atoms with E-state index in [1.807, 2.05) is 13.8 Å². The highest BCUT2D eigenvalue weighted by Gasteiger charge is 2.06. The Kier molecular flexibility index (Phi) is 7.25. The van der Waals surface area contributed by atoms with E-state index >= 15 is 0 Å². The molecular formula is C18H25FN4O2. The molecule has 0 bridgehead atoms. The van der Waals surface area contributed by atoms with Gasteiger partial charge in [0.15, 0.2) is 5.96 Å². The van der Waals surface area contributed by atoms with Crippen LogP contribution in [0.2, 0.25) is 0 Å². The van der Waals surface area contributed by atoms with E-state index in [4.69, 9.17) is 9.15 Å². The van der Waals surface area contributed by atoms with Crippen molar-refractivity contribution >= 4 is 5.96 Å². The Morgan fingerprint density at radius 3 is 2.60 bits per heavy atom. The van der Waals surface area contributed by atoms with Crippen LogP contribution in [0.3, 0.4) is 0 Å². The van der Waals surface area contributed by atoms with Gasteiger partial charge in [-0.15, -0.1) is 0 Å². The molecule has 0 aliphatic heterocycles. The van der Waals surface area contributed by atoms with Crippen LogP contribution in [0.4, 0.5) is 4.39 Å². The lowest BCUT2D eigenvalue weighted by atomic mass is 10.3. The molecule has 0 fully saturated rings. The van der Waals surface area contributed by atoms with E-state index in [0.29, 0.717) is 30.8 Å². The average Bonchev–Trinajstić information content (AvgIpc) is 2.93. The first-order chi connectivity index (χ1) is 12.1. The second kappa shape index (κ2) is 9.66. The van der Waals surface area contributed by atoms with E-state index < -0.39 is 0 Å². The first kappa shape index (κ1) is 18.8. The first-order valence-corrected chi connectivity index (χ1v) is 8.34. The third kappa shape index (κ3) is 6.45. The van der Waals surface area contributed by atoms with Gasteiger partial charge in [-0.3, -0.25) is 4.99 Å². The number of unbranched alkanes of at least 4 members (excludes halogenated alkanes) is 1. The molecule has 2 rings (SSSR count). The van der Waals surface area contributed by atoms with Gasteiger partial charge >= 0.3 is 0 Å². The molecule has 0 amide bonds. The minimum absolute atomic E-state index is 0.259. The highest BCUT2D eigenvalue weighted by Crippen LogP contribution is 2.11. The van der Waals surface area contributed by atoms with Gasteiger partial charge < -0.3 is 19.8 Å². The summed E-state index contributed by atoms with van der Waals surface area (Å²) in [5, 5.41) is 6.40. The molecule has 0 spiro atoms. The van der Waals surface area contributed by atoms with Gasteiger partial charge in [-0.1, -0.05) is 0 Å². The number of nitrogens with one attached hydrogen (secondary N) is 2. The maximum Gasteiger partial charge on any atom is 0.214 e. The van der Waals surface area contributed by atoms with Gasteiger partial charge in [0.2, 0.25) is 5.89 Å². The molecule has 0 unspecified atom stereocenters. The lowest BCUT2D eigenvalue weighted by Crippen LogP contribution is -2.37. The number of aryl methyl sites for hydroxylation is 2. The molecule has 2 N–H and O–H groups in total. The van der Waals surface area contributed by atoms with Crippen LogP contribution >= 0.6 is 0 Å². The number of guanidine groups is 1. The number of hydrogen-bond acceptors (Lipinski definition) is 4. The van der Waals surface area contributed by atoms with Crippen molar-refractivity contribution in [2.45, 2.75) is 33.2 Å². The lowest BCUT2D eigenvalue weighted by Gasteiger charge is -2.11. The van der Waals surface area contributed by atoms with Crippen LogP contribution in [0.1, 0.15) is 30.2 Å². The summed E-state index contributed by atoms with van der Waals surface area (Å²) in [5.41, 5.74) is 0.904. The second-order valence-electron chi connectivity index (χ2n) is 5.61. The molecule has 0 atom stereocenters. The van der Waals surface area contributed by atoms with E-state index in [2.05, 4.69) is 20.6 Å². The normalized spacial score (nSPS) is 11.4. The average molecular weight is 348 g/mol. The zero-order valence-corrected chi connectivity index (χ0v) is 14.9. The summed E-state index contributed by atoms with van der Waals surface area (Å²) in [5.74, 6) is 2.60. The number of rotatable bonds is 8. The molecule has 7 heteroatoms. The highest BCUT2D eigenvalue weighted by molar-refractivity contribution is 5.79. The molecule has 0 radical (unpaired) electrons. The first-order valence-electron chi connectivity index (χ1n) is 8.34. The molecule has 25 heavy (non-hydrogen) atoms. The van der Waals surface area contributed by atoms with Crippen molar-refractivity contribution in [1.82, 2.24) is 15.6 Å². The predicted octanol–water partition coefficient (Wildman–Crippen LogP) is 2.95. The van der Waals surface area contributed by atoms with Gasteiger partial charge in [0.05, 0.1) is 18.8 Å². The Labute approximate surface area is 147 Å². The van der Waals surface area contributed by atoms with Crippen LogP contribution in [0.15, 0.2) is 33.7 Å².